The minimum atomic E-state index is -0.945. The Morgan fingerprint density at radius 3 is 2.65 bits per heavy atom. The van der Waals surface area contributed by atoms with Crippen LogP contribution in [-0.2, 0) is 9.59 Å². The normalized spacial score (nSPS) is 23.3. The van der Waals surface area contributed by atoms with Gasteiger partial charge in [-0.3, -0.25) is 9.59 Å². The molecule has 1 aromatic heterocycles. The zero-order chi connectivity index (χ0) is 12.3. The van der Waals surface area contributed by atoms with Crippen molar-refractivity contribution in [2.45, 2.75) is 12.8 Å². The van der Waals surface area contributed by atoms with E-state index in [4.69, 9.17) is 5.11 Å². The van der Waals surface area contributed by atoms with Gasteiger partial charge in [-0.05, 0) is 12.8 Å². The van der Waals surface area contributed by atoms with E-state index < -0.39 is 17.8 Å². The van der Waals surface area contributed by atoms with Crippen LogP contribution in [-0.4, -0.2) is 22.1 Å². The molecule has 0 spiro atoms. The van der Waals surface area contributed by atoms with Crippen LogP contribution in [0.15, 0.2) is 29.1 Å². The van der Waals surface area contributed by atoms with Gasteiger partial charge < -0.3 is 14.9 Å². The maximum Gasteiger partial charge on any atom is 0.307 e. The third-order valence-corrected chi connectivity index (χ3v) is 2.79. The minimum absolute atomic E-state index is 0.315. The summed E-state index contributed by atoms with van der Waals surface area (Å²) in [6, 6.07) is 0. The van der Waals surface area contributed by atoms with E-state index >= 15 is 0 Å². The van der Waals surface area contributed by atoms with E-state index in [0.717, 1.165) is 0 Å². The zero-order valence-corrected chi connectivity index (χ0v) is 9.00. The van der Waals surface area contributed by atoms with Crippen LogP contribution >= 0.6 is 0 Å². The lowest BCUT2D eigenvalue weighted by Crippen LogP contribution is -2.34. The van der Waals surface area contributed by atoms with Gasteiger partial charge >= 0.3 is 5.97 Å². The number of aliphatic carboxylic acids is 1. The van der Waals surface area contributed by atoms with E-state index in [1.54, 1.807) is 6.08 Å². The van der Waals surface area contributed by atoms with E-state index in [0.29, 0.717) is 18.5 Å². The lowest BCUT2D eigenvalue weighted by Gasteiger charge is -2.23. The van der Waals surface area contributed by atoms with Crippen molar-refractivity contribution >= 4 is 17.6 Å². The molecule has 2 N–H and O–H groups in total. The molecule has 6 heteroatoms. The Morgan fingerprint density at radius 2 is 2.06 bits per heavy atom. The van der Waals surface area contributed by atoms with E-state index in [-0.39, 0.29) is 5.91 Å². The largest absolute Gasteiger partial charge is 0.481 e. The molecule has 0 fully saturated rings. The number of carboxylic acid groups (broad SMARTS) is 1. The van der Waals surface area contributed by atoms with Gasteiger partial charge in [0.1, 0.15) is 12.0 Å². The summed E-state index contributed by atoms with van der Waals surface area (Å²) in [5.74, 6) is -2.47. The Kier molecular flexibility index (Phi) is 3.22. The average molecular weight is 236 g/mol. The van der Waals surface area contributed by atoms with Gasteiger partial charge in [0.2, 0.25) is 5.91 Å². The highest BCUT2D eigenvalue weighted by Gasteiger charge is 2.34. The second kappa shape index (κ2) is 4.82. The standard InChI is InChI=1S/C11H12N2O4/c14-10(13-7-5-12-17-6-7)8-3-1-2-4-9(8)11(15)16/h1-2,5-6,8-9H,3-4H2,(H,13,14)(H,15,16). The predicted molar refractivity (Wildman–Crippen MR) is 58.1 cm³/mol. The molecule has 1 aromatic rings. The van der Waals surface area contributed by atoms with Crippen LogP contribution in [0.25, 0.3) is 0 Å². The minimum Gasteiger partial charge on any atom is -0.481 e. The average Bonchev–Trinajstić information content (AvgIpc) is 2.81. The smallest absolute Gasteiger partial charge is 0.307 e. The fourth-order valence-electron chi connectivity index (χ4n) is 1.88. The Balaban J connectivity index is 2.07. The first-order valence-corrected chi connectivity index (χ1v) is 5.26. The van der Waals surface area contributed by atoms with Gasteiger partial charge in [0, 0.05) is 0 Å². The summed E-state index contributed by atoms with van der Waals surface area (Å²) >= 11 is 0. The van der Waals surface area contributed by atoms with Gasteiger partial charge in [-0.2, -0.15) is 0 Å². The number of carboxylic acids is 1. The molecule has 90 valence electrons. The first-order chi connectivity index (χ1) is 8.18. The maximum absolute atomic E-state index is 11.9. The van der Waals surface area contributed by atoms with Crippen LogP contribution in [0.1, 0.15) is 12.8 Å². The van der Waals surface area contributed by atoms with Gasteiger partial charge in [-0.25, -0.2) is 0 Å². The number of hydrogen-bond donors (Lipinski definition) is 2. The number of aromatic nitrogens is 1. The van der Waals surface area contributed by atoms with Crippen LogP contribution in [0, 0.1) is 11.8 Å². The summed E-state index contributed by atoms with van der Waals surface area (Å²) < 4.78 is 4.58. The molecule has 0 radical (unpaired) electrons. The molecule has 2 rings (SSSR count). The molecular formula is C11H12N2O4. The van der Waals surface area contributed by atoms with Crippen molar-refractivity contribution < 1.29 is 19.2 Å². The predicted octanol–water partition coefficient (Wildman–Crippen LogP) is 1.28. The first-order valence-electron chi connectivity index (χ1n) is 5.26. The van der Waals surface area contributed by atoms with Crippen molar-refractivity contribution in [3.8, 4) is 0 Å². The Morgan fingerprint density at radius 1 is 1.35 bits per heavy atom. The molecule has 17 heavy (non-hydrogen) atoms. The summed E-state index contributed by atoms with van der Waals surface area (Å²) in [5.41, 5.74) is 0.439. The highest BCUT2D eigenvalue weighted by molar-refractivity contribution is 5.95. The molecule has 2 atom stereocenters. The summed E-state index contributed by atoms with van der Waals surface area (Å²) in [4.78, 5) is 22.9. The van der Waals surface area contributed by atoms with Crippen molar-refractivity contribution in [2.24, 2.45) is 11.8 Å². The highest BCUT2D eigenvalue weighted by Crippen LogP contribution is 2.27. The number of amides is 1. The Bertz CT molecular complexity index is 438. The number of carbonyl (C=O) groups excluding carboxylic acids is 1. The summed E-state index contributed by atoms with van der Waals surface area (Å²) in [5, 5.41) is 15.1. The lowest BCUT2D eigenvalue weighted by molar-refractivity contribution is -0.146. The molecule has 1 aliphatic carbocycles. The van der Waals surface area contributed by atoms with Crippen LogP contribution in [0.2, 0.25) is 0 Å². The maximum atomic E-state index is 11.9. The van der Waals surface area contributed by atoms with Gasteiger partial charge in [-0.15, -0.1) is 0 Å². The lowest BCUT2D eigenvalue weighted by atomic mass is 9.82. The number of nitrogens with one attached hydrogen (secondary N) is 1. The molecule has 1 heterocycles. The molecule has 0 saturated carbocycles. The van der Waals surface area contributed by atoms with Crippen molar-refractivity contribution in [2.75, 3.05) is 5.32 Å². The Hall–Kier alpha value is -2.11. The SMILES string of the molecule is O=C(O)C1CC=CCC1C(=O)Nc1cnoc1. The third kappa shape index (κ3) is 2.52. The molecule has 0 aromatic carbocycles. The highest BCUT2D eigenvalue weighted by atomic mass is 16.5. The van der Waals surface area contributed by atoms with Crippen molar-refractivity contribution in [1.29, 1.82) is 0 Å². The summed E-state index contributed by atoms with van der Waals surface area (Å²) in [7, 11) is 0. The number of rotatable bonds is 3. The first kappa shape index (κ1) is 11.4. The second-order valence-corrected chi connectivity index (χ2v) is 3.90. The topological polar surface area (TPSA) is 92.4 Å². The molecule has 0 bridgehead atoms. The van der Waals surface area contributed by atoms with Crippen molar-refractivity contribution in [1.82, 2.24) is 5.16 Å². The number of anilines is 1. The van der Waals surface area contributed by atoms with Crippen LogP contribution in [0.4, 0.5) is 5.69 Å². The number of hydrogen-bond acceptors (Lipinski definition) is 4. The fourth-order valence-corrected chi connectivity index (χ4v) is 1.88. The van der Waals surface area contributed by atoms with Crippen molar-refractivity contribution in [3.63, 3.8) is 0 Å². The summed E-state index contributed by atoms with van der Waals surface area (Å²) in [6.07, 6.45) is 7.11. The molecule has 0 saturated heterocycles. The summed E-state index contributed by atoms with van der Waals surface area (Å²) in [6.45, 7) is 0. The molecule has 1 amide bonds. The molecule has 1 aliphatic rings. The molecule has 6 nitrogen and oxygen atoms in total. The van der Waals surface area contributed by atoms with Gasteiger partial charge in [0.15, 0.2) is 0 Å². The van der Waals surface area contributed by atoms with Crippen LogP contribution in [0.5, 0.6) is 0 Å². The monoisotopic (exact) mass is 236 g/mol. The second-order valence-electron chi connectivity index (χ2n) is 3.90. The van der Waals surface area contributed by atoms with E-state index in [2.05, 4.69) is 15.0 Å². The number of allylic oxidation sites excluding steroid dienone is 2. The molecule has 0 aliphatic heterocycles. The third-order valence-electron chi connectivity index (χ3n) is 2.79. The Labute approximate surface area is 97.3 Å². The number of nitrogens with zero attached hydrogens (tertiary/aromatic N) is 1. The molecular weight excluding hydrogens is 224 g/mol. The van der Waals surface area contributed by atoms with Crippen LogP contribution < -0.4 is 5.32 Å². The van der Waals surface area contributed by atoms with Gasteiger partial charge in [-0.1, -0.05) is 17.3 Å². The quantitative estimate of drug-likeness (QED) is 0.771. The number of carbonyl (C=O) groups is 2. The van der Waals surface area contributed by atoms with E-state index in [1.165, 1.54) is 12.5 Å². The van der Waals surface area contributed by atoms with Gasteiger partial charge in [0.25, 0.3) is 0 Å². The zero-order valence-electron chi connectivity index (χ0n) is 9.00. The van der Waals surface area contributed by atoms with E-state index in [9.17, 15) is 9.59 Å². The van der Waals surface area contributed by atoms with Crippen molar-refractivity contribution in [3.05, 3.63) is 24.6 Å². The van der Waals surface area contributed by atoms with Crippen LogP contribution in [0.3, 0.4) is 0 Å². The van der Waals surface area contributed by atoms with Gasteiger partial charge in [0.05, 0.1) is 18.0 Å². The fraction of sp³-hybridized carbons (Fsp3) is 0.364. The molecule has 2 unspecified atom stereocenters. The van der Waals surface area contributed by atoms with E-state index in [1.807, 2.05) is 6.08 Å².